The average Bonchev–Trinajstić information content (AvgIpc) is 3.13. The van der Waals surface area contributed by atoms with E-state index in [0.717, 1.165) is 11.4 Å². The number of carbonyl (C=O) groups is 1. The molecule has 6 heteroatoms. The number of carbonyl (C=O) groups excluding carboxylic acids is 1. The van der Waals surface area contributed by atoms with E-state index in [2.05, 4.69) is 15.5 Å². The Morgan fingerprint density at radius 3 is 2.67 bits per heavy atom. The summed E-state index contributed by atoms with van der Waals surface area (Å²) in [5.41, 5.74) is 7.01. The number of pyridine rings is 1. The first-order valence-electron chi connectivity index (χ1n) is 5.73. The summed E-state index contributed by atoms with van der Waals surface area (Å²) in [6, 6.07) is 3.63. The number of hydrogen-bond donors (Lipinski definition) is 3. The lowest BCUT2D eigenvalue weighted by molar-refractivity contribution is -0.119. The number of aromatic nitrogens is 1. The van der Waals surface area contributed by atoms with Gasteiger partial charge in [-0.05, 0) is 38.8 Å². The third-order valence-electron chi connectivity index (χ3n) is 3.26. The minimum atomic E-state index is -0.841. The monoisotopic (exact) mass is 248 g/mol. The molecule has 0 spiro atoms. The van der Waals surface area contributed by atoms with Crippen LogP contribution in [0.2, 0.25) is 0 Å². The van der Waals surface area contributed by atoms with Gasteiger partial charge in [0.1, 0.15) is 5.41 Å². The minimum absolute atomic E-state index is 0.0299. The van der Waals surface area contributed by atoms with Crippen molar-refractivity contribution in [2.24, 2.45) is 16.3 Å². The Morgan fingerprint density at radius 1 is 1.50 bits per heavy atom. The van der Waals surface area contributed by atoms with Gasteiger partial charge in [-0.3, -0.25) is 9.78 Å². The van der Waals surface area contributed by atoms with Gasteiger partial charge >= 0.3 is 0 Å². The van der Waals surface area contributed by atoms with Crippen molar-refractivity contribution in [3.05, 3.63) is 23.5 Å². The Bertz CT molecular complexity index is 521. The molecule has 0 radical (unpaired) electrons. The molecule has 1 aromatic rings. The highest BCUT2D eigenvalue weighted by Gasteiger charge is 2.54. The third kappa shape index (κ3) is 2.01. The van der Waals surface area contributed by atoms with Crippen molar-refractivity contribution < 1.29 is 10.0 Å². The van der Waals surface area contributed by atoms with Crippen LogP contribution in [0.25, 0.3) is 0 Å². The topological polar surface area (TPSA) is 101 Å². The molecule has 1 heterocycles. The molecule has 0 unspecified atom stereocenters. The number of oxime groups is 1. The number of nitrogens with zero attached hydrogens (tertiary/aromatic N) is 2. The fraction of sp³-hybridized carbons (Fsp3) is 0.417. The van der Waals surface area contributed by atoms with Crippen molar-refractivity contribution in [3.8, 4) is 0 Å². The maximum atomic E-state index is 12.1. The highest BCUT2D eigenvalue weighted by molar-refractivity contribution is 6.14. The molecule has 0 atom stereocenters. The van der Waals surface area contributed by atoms with Gasteiger partial charge in [-0.2, -0.15) is 0 Å². The van der Waals surface area contributed by atoms with Crippen molar-refractivity contribution in [3.63, 3.8) is 0 Å². The minimum Gasteiger partial charge on any atom is -0.409 e. The Balaban J connectivity index is 2.18. The Hall–Kier alpha value is -2.11. The second-order valence-electron chi connectivity index (χ2n) is 4.61. The Kier molecular flexibility index (Phi) is 2.94. The highest BCUT2D eigenvalue weighted by atomic mass is 16.4. The van der Waals surface area contributed by atoms with E-state index in [1.165, 1.54) is 0 Å². The van der Waals surface area contributed by atoms with Crippen LogP contribution in [0.15, 0.2) is 17.3 Å². The van der Waals surface area contributed by atoms with Crippen molar-refractivity contribution in [2.45, 2.75) is 26.7 Å². The van der Waals surface area contributed by atoms with Crippen LogP contribution >= 0.6 is 0 Å². The number of rotatable bonds is 3. The quantitative estimate of drug-likeness (QED) is 0.323. The first-order valence-corrected chi connectivity index (χ1v) is 5.73. The number of anilines is 1. The van der Waals surface area contributed by atoms with Crippen LogP contribution in [0, 0.1) is 19.3 Å². The van der Waals surface area contributed by atoms with Gasteiger partial charge in [0, 0.05) is 5.69 Å². The summed E-state index contributed by atoms with van der Waals surface area (Å²) in [6.07, 6.45) is 1.21. The van der Waals surface area contributed by atoms with E-state index in [9.17, 15) is 4.79 Å². The second-order valence-corrected chi connectivity index (χ2v) is 4.61. The van der Waals surface area contributed by atoms with Gasteiger partial charge in [-0.15, -0.1) is 0 Å². The summed E-state index contributed by atoms with van der Waals surface area (Å²) in [6.45, 7) is 3.71. The van der Waals surface area contributed by atoms with E-state index in [1.807, 2.05) is 19.9 Å². The average molecular weight is 248 g/mol. The number of aryl methyl sites for hydroxylation is 2. The number of amides is 1. The standard InChI is InChI=1S/C12H16N4O2/c1-7-3-4-9(8(2)14-7)15-11(17)12(5-6-12)10(13)16-18/h3-4,18H,5-6H2,1-2H3,(H2,13,16)(H,15,17). The third-order valence-corrected chi connectivity index (χ3v) is 3.26. The zero-order chi connectivity index (χ0) is 13.3. The van der Waals surface area contributed by atoms with Gasteiger partial charge in [-0.25, -0.2) is 0 Å². The largest absolute Gasteiger partial charge is 0.409 e. The molecule has 1 fully saturated rings. The maximum absolute atomic E-state index is 12.1. The zero-order valence-electron chi connectivity index (χ0n) is 10.4. The van der Waals surface area contributed by atoms with Gasteiger partial charge in [0.15, 0.2) is 5.84 Å². The second kappa shape index (κ2) is 4.29. The molecule has 1 aliphatic carbocycles. The van der Waals surface area contributed by atoms with Crippen molar-refractivity contribution in [1.82, 2.24) is 4.98 Å². The van der Waals surface area contributed by atoms with Gasteiger partial charge in [-0.1, -0.05) is 5.16 Å². The number of hydrogen-bond acceptors (Lipinski definition) is 4. The van der Waals surface area contributed by atoms with Crippen LogP contribution in [0.4, 0.5) is 5.69 Å². The molecule has 1 saturated carbocycles. The molecule has 6 nitrogen and oxygen atoms in total. The molecule has 1 amide bonds. The first-order chi connectivity index (χ1) is 8.49. The smallest absolute Gasteiger partial charge is 0.238 e. The number of nitrogens with two attached hydrogens (primary N) is 1. The lowest BCUT2D eigenvalue weighted by Gasteiger charge is -2.14. The fourth-order valence-corrected chi connectivity index (χ4v) is 1.88. The molecule has 0 aromatic carbocycles. The van der Waals surface area contributed by atoms with E-state index >= 15 is 0 Å². The predicted octanol–water partition coefficient (Wildman–Crippen LogP) is 1.16. The molecular formula is C12H16N4O2. The van der Waals surface area contributed by atoms with Crippen LogP contribution in [-0.4, -0.2) is 21.9 Å². The fourth-order valence-electron chi connectivity index (χ4n) is 1.88. The van der Waals surface area contributed by atoms with Gasteiger partial charge in [0.2, 0.25) is 5.91 Å². The summed E-state index contributed by atoms with van der Waals surface area (Å²) in [7, 11) is 0. The van der Waals surface area contributed by atoms with Crippen LogP contribution < -0.4 is 11.1 Å². The van der Waals surface area contributed by atoms with E-state index in [1.54, 1.807) is 6.07 Å². The Labute approximate surface area is 105 Å². The lowest BCUT2D eigenvalue weighted by Crippen LogP contribution is -2.36. The zero-order valence-corrected chi connectivity index (χ0v) is 10.4. The van der Waals surface area contributed by atoms with Crippen LogP contribution in [0.5, 0.6) is 0 Å². The van der Waals surface area contributed by atoms with E-state index in [0.29, 0.717) is 18.5 Å². The molecule has 0 aliphatic heterocycles. The summed E-state index contributed by atoms with van der Waals surface area (Å²) in [4.78, 5) is 16.4. The SMILES string of the molecule is Cc1ccc(NC(=O)C2(/C(N)=N/O)CC2)c(C)n1. The van der Waals surface area contributed by atoms with Crippen LogP contribution in [0.3, 0.4) is 0 Å². The normalized spacial score (nSPS) is 17.3. The van der Waals surface area contributed by atoms with E-state index < -0.39 is 5.41 Å². The molecule has 1 aromatic heterocycles. The number of amidine groups is 1. The molecule has 96 valence electrons. The molecule has 1 aliphatic rings. The van der Waals surface area contributed by atoms with E-state index in [4.69, 9.17) is 10.9 Å². The van der Waals surface area contributed by atoms with Crippen LogP contribution in [0.1, 0.15) is 24.2 Å². The molecular weight excluding hydrogens is 232 g/mol. The maximum Gasteiger partial charge on any atom is 0.238 e. The van der Waals surface area contributed by atoms with Crippen molar-refractivity contribution >= 4 is 17.4 Å². The molecule has 2 rings (SSSR count). The molecule has 0 saturated heterocycles. The summed E-state index contributed by atoms with van der Waals surface area (Å²) < 4.78 is 0. The Morgan fingerprint density at radius 2 is 2.17 bits per heavy atom. The summed E-state index contributed by atoms with van der Waals surface area (Å²) in [5.74, 6) is -0.274. The number of nitrogens with one attached hydrogen (secondary N) is 1. The summed E-state index contributed by atoms with van der Waals surface area (Å²) in [5, 5.41) is 14.4. The summed E-state index contributed by atoms with van der Waals surface area (Å²) >= 11 is 0. The van der Waals surface area contributed by atoms with Crippen molar-refractivity contribution in [2.75, 3.05) is 5.32 Å². The van der Waals surface area contributed by atoms with Gasteiger partial charge in [0.25, 0.3) is 0 Å². The van der Waals surface area contributed by atoms with E-state index in [-0.39, 0.29) is 11.7 Å². The predicted molar refractivity (Wildman–Crippen MR) is 67.4 cm³/mol. The first kappa shape index (κ1) is 12.3. The lowest BCUT2D eigenvalue weighted by atomic mass is 10.1. The van der Waals surface area contributed by atoms with Gasteiger partial charge < -0.3 is 16.3 Å². The molecule has 18 heavy (non-hydrogen) atoms. The van der Waals surface area contributed by atoms with Gasteiger partial charge in [0.05, 0.1) is 11.4 Å². The molecule has 0 bridgehead atoms. The van der Waals surface area contributed by atoms with Crippen molar-refractivity contribution in [1.29, 1.82) is 0 Å². The van der Waals surface area contributed by atoms with Crippen LogP contribution in [-0.2, 0) is 4.79 Å². The molecule has 4 N–H and O–H groups in total. The highest BCUT2D eigenvalue weighted by Crippen LogP contribution is 2.46.